The molecule has 118 valence electrons. The maximum atomic E-state index is 12.9. The van der Waals surface area contributed by atoms with E-state index in [0.717, 1.165) is 24.0 Å². The molecule has 0 unspecified atom stereocenters. The minimum absolute atomic E-state index is 0.0559. The minimum atomic E-state index is -3.46. The predicted molar refractivity (Wildman–Crippen MR) is 85.8 cm³/mol. The lowest BCUT2D eigenvalue weighted by atomic mass is 9.87. The number of hydrogen-bond acceptors (Lipinski definition) is 3. The molecule has 0 spiro atoms. The first-order chi connectivity index (χ1) is 9.62. The largest absolute Gasteiger partial charge is 0.327 e. The van der Waals surface area contributed by atoms with Gasteiger partial charge in [-0.05, 0) is 42.4 Å². The number of sulfonamides is 1. The summed E-state index contributed by atoms with van der Waals surface area (Å²) in [6, 6.07) is 5.68. The topological polar surface area (TPSA) is 63.4 Å². The number of nitrogens with zero attached hydrogens (tertiary/aromatic N) is 1. The second kappa shape index (κ2) is 5.71. The van der Waals surface area contributed by atoms with E-state index in [1.165, 1.54) is 4.31 Å². The second-order valence-electron chi connectivity index (χ2n) is 7.00. The van der Waals surface area contributed by atoms with Crippen LogP contribution in [0.1, 0.15) is 44.7 Å². The van der Waals surface area contributed by atoms with E-state index in [1.54, 1.807) is 0 Å². The smallest absolute Gasteiger partial charge is 0.243 e. The Balaban J connectivity index is 2.44. The van der Waals surface area contributed by atoms with Crippen LogP contribution in [0.15, 0.2) is 23.1 Å². The van der Waals surface area contributed by atoms with Crippen molar-refractivity contribution in [3.8, 4) is 0 Å². The van der Waals surface area contributed by atoms with E-state index in [4.69, 9.17) is 5.73 Å². The van der Waals surface area contributed by atoms with Gasteiger partial charge in [-0.25, -0.2) is 8.42 Å². The minimum Gasteiger partial charge on any atom is -0.327 e. The lowest BCUT2D eigenvalue weighted by Crippen LogP contribution is -2.45. The van der Waals surface area contributed by atoms with Gasteiger partial charge in [0.2, 0.25) is 10.0 Å². The molecule has 0 aromatic heterocycles. The van der Waals surface area contributed by atoms with Crippen molar-refractivity contribution in [1.29, 1.82) is 0 Å². The fourth-order valence-electron chi connectivity index (χ4n) is 2.68. The quantitative estimate of drug-likeness (QED) is 0.912. The van der Waals surface area contributed by atoms with E-state index in [9.17, 15) is 8.42 Å². The average molecular weight is 310 g/mol. The van der Waals surface area contributed by atoms with Crippen LogP contribution in [0.2, 0.25) is 0 Å². The van der Waals surface area contributed by atoms with Crippen LogP contribution in [0.5, 0.6) is 0 Å². The summed E-state index contributed by atoms with van der Waals surface area (Å²) in [5.41, 5.74) is 7.69. The Morgan fingerprint density at radius 3 is 2.52 bits per heavy atom. The number of aryl methyl sites for hydroxylation is 1. The van der Waals surface area contributed by atoms with Crippen molar-refractivity contribution in [3.05, 3.63) is 29.3 Å². The van der Waals surface area contributed by atoms with Crippen molar-refractivity contribution < 1.29 is 8.42 Å². The van der Waals surface area contributed by atoms with Crippen molar-refractivity contribution in [3.63, 3.8) is 0 Å². The normalized spacial score (nSPS) is 21.5. The number of hydrogen-bond donors (Lipinski definition) is 1. The van der Waals surface area contributed by atoms with Gasteiger partial charge in [-0.3, -0.25) is 0 Å². The molecule has 1 aromatic carbocycles. The van der Waals surface area contributed by atoms with Gasteiger partial charge in [0.05, 0.1) is 4.90 Å². The highest BCUT2D eigenvalue weighted by molar-refractivity contribution is 7.89. The maximum absolute atomic E-state index is 12.9. The molecule has 1 aliphatic rings. The van der Waals surface area contributed by atoms with E-state index in [0.29, 0.717) is 18.0 Å². The van der Waals surface area contributed by atoms with Crippen LogP contribution < -0.4 is 5.73 Å². The zero-order valence-electron chi connectivity index (χ0n) is 13.4. The van der Waals surface area contributed by atoms with Crippen molar-refractivity contribution >= 4 is 10.0 Å². The molecule has 1 aliphatic heterocycles. The van der Waals surface area contributed by atoms with E-state index in [1.807, 2.05) is 25.1 Å². The van der Waals surface area contributed by atoms with Crippen molar-refractivity contribution in [1.82, 2.24) is 4.31 Å². The molecule has 2 N–H and O–H groups in total. The van der Waals surface area contributed by atoms with Gasteiger partial charge < -0.3 is 5.73 Å². The molecule has 0 saturated carbocycles. The van der Waals surface area contributed by atoms with Crippen LogP contribution >= 0.6 is 0 Å². The first-order valence-corrected chi connectivity index (χ1v) is 8.93. The summed E-state index contributed by atoms with van der Waals surface area (Å²) in [5, 5.41) is 0. The summed E-state index contributed by atoms with van der Waals surface area (Å²) in [6.07, 6.45) is 1.73. The van der Waals surface area contributed by atoms with Gasteiger partial charge in [-0.2, -0.15) is 4.31 Å². The number of piperidine rings is 1. The summed E-state index contributed by atoms with van der Waals surface area (Å²) in [7, 11) is -3.46. The summed E-state index contributed by atoms with van der Waals surface area (Å²) < 4.78 is 27.3. The highest BCUT2D eigenvalue weighted by Gasteiger charge is 2.30. The van der Waals surface area contributed by atoms with Gasteiger partial charge in [0.15, 0.2) is 0 Å². The standard InChI is InChI=1S/C16H26N2O2S/c1-12-7-8-13(16(2,3)4)10-15(12)21(19,20)18-9-5-6-14(17)11-18/h7-8,10,14H,5-6,9,11,17H2,1-4H3/t14-/m1/s1. The molecule has 4 nitrogen and oxygen atoms in total. The van der Waals surface area contributed by atoms with E-state index in [-0.39, 0.29) is 11.5 Å². The number of nitrogens with two attached hydrogens (primary N) is 1. The molecule has 1 atom stereocenters. The third-order valence-electron chi connectivity index (χ3n) is 4.09. The van der Waals surface area contributed by atoms with Crippen LogP contribution in [0, 0.1) is 6.92 Å². The molecular formula is C16H26N2O2S. The van der Waals surface area contributed by atoms with Crippen molar-refractivity contribution in [2.45, 2.75) is 56.9 Å². The first kappa shape index (κ1) is 16.5. The Bertz CT molecular complexity index is 618. The highest BCUT2D eigenvalue weighted by Crippen LogP contribution is 2.29. The first-order valence-electron chi connectivity index (χ1n) is 7.49. The molecule has 21 heavy (non-hydrogen) atoms. The fraction of sp³-hybridized carbons (Fsp3) is 0.625. The van der Waals surface area contributed by atoms with Crippen molar-refractivity contribution in [2.75, 3.05) is 13.1 Å². The van der Waals surface area contributed by atoms with Gasteiger partial charge >= 0.3 is 0 Å². The van der Waals surface area contributed by atoms with Crippen LogP contribution in [0.4, 0.5) is 0 Å². The zero-order valence-corrected chi connectivity index (χ0v) is 14.2. The summed E-state index contributed by atoms with van der Waals surface area (Å²) in [6.45, 7) is 9.10. The molecule has 1 fully saturated rings. The van der Waals surface area contributed by atoms with Crippen LogP contribution in [-0.4, -0.2) is 31.9 Å². The summed E-state index contributed by atoms with van der Waals surface area (Å²) in [4.78, 5) is 0.420. The van der Waals surface area contributed by atoms with Gasteiger partial charge in [-0.15, -0.1) is 0 Å². The van der Waals surface area contributed by atoms with Crippen LogP contribution in [0.3, 0.4) is 0 Å². The SMILES string of the molecule is Cc1ccc(C(C)(C)C)cc1S(=O)(=O)N1CCC[C@@H](N)C1. The Kier molecular flexibility index (Phi) is 4.47. The Morgan fingerprint density at radius 1 is 1.29 bits per heavy atom. The highest BCUT2D eigenvalue weighted by atomic mass is 32.2. The summed E-state index contributed by atoms with van der Waals surface area (Å²) >= 11 is 0. The van der Waals surface area contributed by atoms with Crippen LogP contribution in [-0.2, 0) is 15.4 Å². The van der Waals surface area contributed by atoms with Gasteiger partial charge in [0, 0.05) is 19.1 Å². The molecule has 1 heterocycles. The van der Waals surface area contributed by atoms with Gasteiger partial charge in [0.25, 0.3) is 0 Å². The Labute approximate surface area is 128 Å². The fourth-order valence-corrected chi connectivity index (χ4v) is 4.46. The van der Waals surface area contributed by atoms with Crippen molar-refractivity contribution in [2.24, 2.45) is 5.73 Å². The van der Waals surface area contributed by atoms with E-state index < -0.39 is 10.0 Å². The molecule has 0 radical (unpaired) electrons. The lowest BCUT2D eigenvalue weighted by Gasteiger charge is -2.31. The number of rotatable bonds is 2. The van der Waals surface area contributed by atoms with Gasteiger partial charge in [0.1, 0.15) is 0 Å². The number of benzene rings is 1. The monoisotopic (exact) mass is 310 g/mol. The molecule has 0 bridgehead atoms. The zero-order chi connectivity index (χ0) is 15.8. The lowest BCUT2D eigenvalue weighted by molar-refractivity contribution is 0.316. The second-order valence-corrected chi connectivity index (χ2v) is 8.90. The maximum Gasteiger partial charge on any atom is 0.243 e. The van der Waals surface area contributed by atoms with E-state index in [2.05, 4.69) is 20.8 Å². The van der Waals surface area contributed by atoms with E-state index >= 15 is 0 Å². The molecule has 1 aromatic rings. The average Bonchev–Trinajstić information content (AvgIpc) is 2.37. The van der Waals surface area contributed by atoms with Gasteiger partial charge in [-0.1, -0.05) is 32.9 Å². The summed E-state index contributed by atoms with van der Waals surface area (Å²) in [5.74, 6) is 0. The molecule has 0 aliphatic carbocycles. The molecular weight excluding hydrogens is 284 g/mol. The molecule has 1 saturated heterocycles. The molecule has 5 heteroatoms. The Hall–Kier alpha value is -0.910. The Morgan fingerprint density at radius 2 is 1.95 bits per heavy atom. The predicted octanol–water partition coefficient (Wildman–Crippen LogP) is 2.40. The third kappa shape index (κ3) is 3.47. The third-order valence-corrected chi connectivity index (χ3v) is 6.10. The van der Waals surface area contributed by atoms with Crippen LogP contribution in [0.25, 0.3) is 0 Å². The molecule has 0 amide bonds. The molecule has 2 rings (SSSR count).